The zero-order valence-corrected chi connectivity index (χ0v) is 50.5. The molecule has 0 saturated heterocycles. The fraction of sp³-hybridized carbons (Fsp3) is 0.786. The van der Waals surface area contributed by atoms with Gasteiger partial charge in [0.2, 0.25) is 0 Å². The number of carbonyl (C=O) groups excluding carboxylic acids is 3. The highest BCUT2D eigenvalue weighted by Crippen LogP contribution is 2.17. The molecule has 0 fully saturated rings. The van der Waals surface area contributed by atoms with Crippen LogP contribution in [0.2, 0.25) is 0 Å². The van der Waals surface area contributed by atoms with Gasteiger partial charge in [-0.25, -0.2) is 0 Å². The lowest BCUT2D eigenvalue weighted by molar-refractivity contribution is -0.167. The van der Waals surface area contributed by atoms with Crippen LogP contribution in [0.1, 0.15) is 335 Å². The molecule has 0 aliphatic carbocycles. The van der Waals surface area contributed by atoms with E-state index >= 15 is 0 Å². The maximum absolute atomic E-state index is 12.9. The van der Waals surface area contributed by atoms with Gasteiger partial charge in [-0.2, -0.15) is 0 Å². The molecule has 0 bridgehead atoms. The first kappa shape index (κ1) is 72.8. The molecule has 1 unspecified atom stereocenters. The molecule has 440 valence electrons. The highest BCUT2D eigenvalue weighted by atomic mass is 16.6. The number of carbonyl (C=O) groups is 3. The average Bonchev–Trinajstić information content (AvgIpc) is 3.42. The van der Waals surface area contributed by atoms with E-state index < -0.39 is 6.10 Å². The van der Waals surface area contributed by atoms with Crippen molar-refractivity contribution in [2.24, 2.45) is 0 Å². The van der Waals surface area contributed by atoms with Gasteiger partial charge in [0.25, 0.3) is 0 Å². The molecule has 0 N–H and O–H groups in total. The number of ether oxygens (including phenoxy) is 3. The zero-order valence-electron chi connectivity index (χ0n) is 50.5. The van der Waals surface area contributed by atoms with E-state index in [2.05, 4.69) is 93.7 Å². The largest absolute Gasteiger partial charge is 0.462 e. The fourth-order valence-corrected chi connectivity index (χ4v) is 9.53. The molecule has 0 radical (unpaired) electrons. The molecule has 0 spiro atoms. The molecule has 76 heavy (non-hydrogen) atoms. The number of rotatable bonds is 60. The van der Waals surface area contributed by atoms with E-state index in [1.807, 2.05) is 0 Å². The summed E-state index contributed by atoms with van der Waals surface area (Å²) in [6, 6.07) is 0. The van der Waals surface area contributed by atoms with Gasteiger partial charge in [0.1, 0.15) is 13.2 Å². The smallest absolute Gasteiger partial charge is 0.306 e. The van der Waals surface area contributed by atoms with Crippen LogP contribution in [-0.4, -0.2) is 37.2 Å². The first-order valence-corrected chi connectivity index (χ1v) is 32.9. The van der Waals surface area contributed by atoms with E-state index in [-0.39, 0.29) is 31.1 Å². The monoisotopic (exact) mass is 1060 g/mol. The Balaban J connectivity index is 4.35. The minimum atomic E-state index is -0.781. The van der Waals surface area contributed by atoms with Gasteiger partial charge < -0.3 is 14.2 Å². The maximum atomic E-state index is 12.9. The second kappa shape index (κ2) is 64.4. The SMILES string of the molecule is CC/C=C\C/C=C\C/C=C\C/C=C\CCCCCCCCCCCCC(=O)OCC(COC(=O)CCCCCCCCCCCCCCCCCCC)OC(=O)CCCCCCCCC/C=C\C/C=C\CCCCCC. The molecule has 6 heteroatoms. The molecular weight excluding hydrogens is 937 g/mol. The summed E-state index contributed by atoms with van der Waals surface area (Å²) in [6.07, 6.45) is 83.3. The Morgan fingerprint density at radius 1 is 0.276 bits per heavy atom. The van der Waals surface area contributed by atoms with Crippen molar-refractivity contribution in [3.8, 4) is 0 Å². The van der Waals surface area contributed by atoms with Crippen molar-refractivity contribution in [3.63, 3.8) is 0 Å². The molecule has 6 nitrogen and oxygen atoms in total. The number of unbranched alkanes of at least 4 members (excludes halogenated alkanes) is 37. The Bertz CT molecular complexity index is 1400. The molecule has 0 aromatic carbocycles. The zero-order chi connectivity index (χ0) is 55.0. The molecule has 0 amide bonds. The Kier molecular flexibility index (Phi) is 61.7. The topological polar surface area (TPSA) is 78.9 Å². The third-order valence-corrected chi connectivity index (χ3v) is 14.4. The van der Waals surface area contributed by atoms with Gasteiger partial charge in [-0.3, -0.25) is 14.4 Å². The van der Waals surface area contributed by atoms with Crippen molar-refractivity contribution in [2.75, 3.05) is 13.2 Å². The van der Waals surface area contributed by atoms with Gasteiger partial charge in [0, 0.05) is 19.3 Å². The summed E-state index contributed by atoms with van der Waals surface area (Å²) < 4.78 is 17.0. The van der Waals surface area contributed by atoms with Gasteiger partial charge in [0.05, 0.1) is 0 Å². The summed E-state index contributed by atoms with van der Waals surface area (Å²) in [6.45, 7) is 6.55. The normalized spacial score (nSPS) is 12.5. The summed E-state index contributed by atoms with van der Waals surface area (Å²) in [4.78, 5) is 38.4. The third-order valence-electron chi connectivity index (χ3n) is 14.4. The Labute approximate surface area is 472 Å². The highest BCUT2D eigenvalue weighted by Gasteiger charge is 2.19. The predicted octanol–water partition coefficient (Wildman–Crippen LogP) is 22.5. The van der Waals surface area contributed by atoms with Crippen LogP contribution in [0.15, 0.2) is 72.9 Å². The van der Waals surface area contributed by atoms with Gasteiger partial charge >= 0.3 is 17.9 Å². The molecule has 0 saturated carbocycles. The lowest BCUT2D eigenvalue weighted by Gasteiger charge is -2.18. The highest BCUT2D eigenvalue weighted by molar-refractivity contribution is 5.71. The number of hydrogen-bond acceptors (Lipinski definition) is 6. The molecule has 0 aromatic heterocycles. The van der Waals surface area contributed by atoms with E-state index in [1.54, 1.807) is 0 Å². The Morgan fingerprint density at radius 2 is 0.513 bits per heavy atom. The summed E-state index contributed by atoms with van der Waals surface area (Å²) >= 11 is 0. The van der Waals surface area contributed by atoms with E-state index in [4.69, 9.17) is 14.2 Å². The van der Waals surface area contributed by atoms with Crippen molar-refractivity contribution < 1.29 is 28.6 Å². The second-order valence-corrected chi connectivity index (χ2v) is 22.0. The summed E-state index contributed by atoms with van der Waals surface area (Å²) in [5, 5.41) is 0. The first-order chi connectivity index (χ1) is 37.5. The maximum Gasteiger partial charge on any atom is 0.306 e. The van der Waals surface area contributed by atoms with E-state index in [0.717, 1.165) is 96.3 Å². The van der Waals surface area contributed by atoms with Crippen LogP contribution in [0.5, 0.6) is 0 Å². The van der Waals surface area contributed by atoms with Crippen LogP contribution in [0.25, 0.3) is 0 Å². The van der Waals surface area contributed by atoms with E-state index in [1.165, 1.54) is 199 Å². The van der Waals surface area contributed by atoms with E-state index in [9.17, 15) is 14.4 Å². The lowest BCUT2D eigenvalue weighted by atomic mass is 10.0. The molecule has 0 aliphatic rings. The van der Waals surface area contributed by atoms with Crippen LogP contribution in [-0.2, 0) is 28.6 Å². The molecule has 0 aromatic rings. The van der Waals surface area contributed by atoms with Crippen molar-refractivity contribution in [2.45, 2.75) is 341 Å². The van der Waals surface area contributed by atoms with Crippen molar-refractivity contribution >= 4 is 17.9 Å². The summed E-state index contributed by atoms with van der Waals surface area (Å²) in [5.74, 6) is -0.870. The standard InChI is InChI=1S/C70H124O6/c1-4-7-10-13-16-19-22-25-28-31-33-34-35-36-37-40-42-45-48-51-54-57-60-63-69(72)75-66-67(65-74-68(71)62-59-56-53-50-47-44-41-38-30-27-24-21-18-15-12-9-6-3)76-70(73)64-61-58-55-52-49-46-43-39-32-29-26-23-20-17-14-11-8-5-2/h7,10,16,19-20,23,25,28-29,32-34,67H,4-6,8-9,11-15,17-18,21-22,24,26-27,30-31,35-66H2,1-3H3/b10-7-,19-16-,23-20-,28-25-,32-29-,34-33-. The number of esters is 3. The molecule has 1 atom stereocenters. The van der Waals surface area contributed by atoms with Crippen LogP contribution < -0.4 is 0 Å². The van der Waals surface area contributed by atoms with Crippen LogP contribution in [0, 0.1) is 0 Å². The fourth-order valence-electron chi connectivity index (χ4n) is 9.53. The van der Waals surface area contributed by atoms with Crippen LogP contribution in [0.4, 0.5) is 0 Å². The van der Waals surface area contributed by atoms with Gasteiger partial charge in [0.15, 0.2) is 6.10 Å². The van der Waals surface area contributed by atoms with Gasteiger partial charge in [-0.1, -0.05) is 299 Å². The molecule has 0 heterocycles. The minimum Gasteiger partial charge on any atom is -0.462 e. The summed E-state index contributed by atoms with van der Waals surface area (Å²) in [7, 11) is 0. The number of allylic oxidation sites excluding steroid dienone is 12. The predicted molar refractivity (Wildman–Crippen MR) is 330 cm³/mol. The Morgan fingerprint density at radius 3 is 0.816 bits per heavy atom. The lowest BCUT2D eigenvalue weighted by Crippen LogP contribution is -2.30. The van der Waals surface area contributed by atoms with Crippen LogP contribution >= 0.6 is 0 Å². The second-order valence-electron chi connectivity index (χ2n) is 22.0. The average molecular weight is 1060 g/mol. The third kappa shape index (κ3) is 61.7. The summed E-state index contributed by atoms with van der Waals surface area (Å²) in [5.41, 5.74) is 0. The molecular formula is C70H124O6. The number of hydrogen-bond donors (Lipinski definition) is 0. The Hall–Kier alpha value is -3.15. The van der Waals surface area contributed by atoms with Gasteiger partial charge in [-0.05, 0) is 89.9 Å². The molecule has 0 aliphatic heterocycles. The van der Waals surface area contributed by atoms with Gasteiger partial charge in [-0.15, -0.1) is 0 Å². The van der Waals surface area contributed by atoms with Crippen molar-refractivity contribution in [3.05, 3.63) is 72.9 Å². The quantitative estimate of drug-likeness (QED) is 0.0261. The van der Waals surface area contributed by atoms with Crippen molar-refractivity contribution in [1.82, 2.24) is 0 Å². The first-order valence-electron chi connectivity index (χ1n) is 32.9. The minimum absolute atomic E-state index is 0.0763. The van der Waals surface area contributed by atoms with Crippen LogP contribution in [0.3, 0.4) is 0 Å². The molecule has 0 rings (SSSR count). The van der Waals surface area contributed by atoms with E-state index in [0.29, 0.717) is 19.3 Å². The van der Waals surface area contributed by atoms with Crippen molar-refractivity contribution in [1.29, 1.82) is 0 Å².